The lowest BCUT2D eigenvalue weighted by Crippen LogP contribution is -2.41. The Kier molecular flexibility index (Phi) is 6.43. The summed E-state index contributed by atoms with van der Waals surface area (Å²) in [7, 11) is 0. The molecule has 0 atom stereocenters. The van der Waals surface area contributed by atoms with Gasteiger partial charge in [-0.2, -0.15) is 0 Å². The molecule has 0 saturated carbocycles. The Balaban J connectivity index is 4.16. The second-order valence-corrected chi connectivity index (χ2v) is 4.53. The highest BCUT2D eigenvalue weighted by molar-refractivity contribution is 7.80. The third kappa shape index (κ3) is 7.27. The summed E-state index contributed by atoms with van der Waals surface area (Å²) in [6.45, 7) is 8.30. The zero-order chi connectivity index (χ0) is 12.0. The van der Waals surface area contributed by atoms with Crippen molar-refractivity contribution in [2.75, 3.05) is 13.1 Å². The van der Waals surface area contributed by atoms with E-state index in [-0.39, 0.29) is 24.7 Å². The van der Waals surface area contributed by atoms with Crippen LogP contribution in [0.15, 0.2) is 0 Å². The molecule has 0 aromatic heterocycles. The Morgan fingerprint density at radius 1 is 1.33 bits per heavy atom. The average Bonchev–Trinajstić information content (AvgIpc) is 1.99. The fourth-order valence-electron chi connectivity index (χ4n) is 1.09. The van der Waals surface area contributed by atoms with E-state index in [0.29, 0.717) is 11.5 Å². The van der Waals surface area contributed by atoms with Crippen LogP contribution in [0.25, 0.3) is 0 Å². The molecule has 0 aliphatic rings. The summed E-state index contributed by atoms with van der Waals surface area (Å²) in [6, 6.07) is 0.214. The summed E-state index contributed by atoms with van der Waals surface area (Å²) < 4.78 is 5.05. The van der Waals surface area contributed by atoms with E-state index in [9.17, 15) is 4.79 Å². The highest BCUT2D eigenvalue weighted by atomic mass is 32.1. The molecule has 0 aliphatic carbocycles. The summed E-state index contributed by atoms with van der Waals surface area (Å²) in [5.74, 6) is -0.241. The van der Waals surface area contributed by atoms with Crippen molar-refractivity contribution < 1.29 is 9.53 Å². The lowest BCUT2D eigenvalue weighted by atomic mass is 10.3. The minimum Gasteiger partial charge on any atom is -0.462 e. The van der Waals surface area contributed by atoms with Gasteiger partial charge < -0.3 is 10.5 Å². The van der Waals surface area contributed by atoms with Gasteiger partial charge in [0.05, 0.1) is 17.6 Å². The summed E-state index contributed by atoms with van der Waals surface area (Å²) in [5, 5.41) is 0. The molecule has 0 saturated heterocycles. The summed E-state index contributed by atoms with van der Waals surface area (Å²) >= 11 is 4.82. The highest BCUT2D eigenvalue weighted by Crippen LogP contribution is 1.99. The van der Waals surface area contributed by atoms with Gasteiger partial charge in [-0.05, 0) is 27.7 Å². The molecule has 4 nitrogen and oxygen atoms in total. The zero-order valence-electron chi connectivity index (χ0n) is 9.82. The van der Waals surface area contributed by atoms with E-state index in [1.165, 1.54) is 0 Å². The molecule has 15 heavy (non-hydrogen) atoms. The van der Waals surface area contributed by atoms with E-state index >= 15 is 0 Å². The molecule has 0 unspecified atom stereocenters. The minimum absolute atomic E-state index is 0.0867. The number of esters is 1. The number of thiocarbonyl (C=S) groups is 1. The van der Waals surface area contributed by atoms with Gasteiger partial charge in [-0.25, -0.2) is 0 Å². The van der Waals surface area contributed by atoms with Crippen molar-refractivity contribution in [1.82, 2.24) is 4.90 Å². The van der Waals surface area contributed by atoms with E-state index in [2.05, 4.69) is 0 Å². The molecular weight excluding hydrogens is 212 g/mol. The number of nitrogens with two attached hydrogens (primary N) is 1. The molecule has 0 aliphatic heterocycles. The van der Waals surface area contributed by atoms with Crippen molar-refractivity contribution >= 4 is 23.2 Å². The molecule has 0 radical (unpaired) electrons. The maximum absolute atomic E-state index is 11.4. The number of ether oxygens (including phenoxy) is 1. The Morgan fingerprint density at radius 3 is 2.20 bits per heavy atom. The number of hydrogen-bond acceptors (Lipinski definition) is 4. The third-order valence-electron chi connectivity index (χ3n) is 1.79. The van der Waals surface area contributed by atoms with Crippen LogP contribution >= 0.6 is 12.2 Å². The largest absolute Gasteiger partial charge is 0.462 e. The maximum atomic E-state index is 11.4. The van der Waals surface area contributed by atoms with Gasteiger partial charge in [0, 0.05) is 12.6 Å². The number of nitrogens with zero attached hydrogens (tertiary/aromatic N) is 1. The quantitative estimate of drug-likeness (QED) is 0.545. The molecule has 0 aromatic rings. The van der Waals surface area contributed by atoms with Crippen LogP contribution in [0.5, 0.6) is 0 Å². The van der Waals surface area contributed by atoms with Crippen LogP contribution in [0.2, 0.25) is 0 Å². The lowest BCUT2D eigenvalue weighted by molar-refractivity contribution is -0.148. The molecule has 5 heteroatoms. The first-order chi connectivity index (χ1) is 6.82. The molecule has 0 fully saturated rings. The molecule has 0 heterocycles. The van der Waals surface area contributed by atoms with Crippen molar-refractivity contribution in [1.29, 1.82) is 0 Å². The van der Waals surface area contributed by atoms with Crippen LogP contribution in [0.1, 0.15) is 27.7 Å². The molecule has 2 N–H and O–H groups in total. The maximum Gasteiger partial charge on any atom is 0.320 e. The zero-order valence-corrected chi connectivity index (χ0v) is 10.6. The van der Waals surface area contributed by atoms with Gasteiger partial charge in [-0.3, -0.25) is 9.69 Å². The first-order valence-corrected chi connectivity index (χ1v) is 5.45. The van der Waals surface area contributed by atoms with Gasteiger partial charge in [-0.1, -0.05) is 12.2 Å². The van der Waals surface area contributed by atoms with Gasteiger partial charge in [0.1, 0.15) is 0 Å². The first-order valence-electron chi connectivity index (χ1n) is 5.04. The number of hydrogen-bond donors (Lipinski definition) is 1. The predicted octanol–water partition coefficient (Wildman–Crippen LogP) is 0.935. The van der Waals surface area contributed by atoms with Crippen molar-refractivity contribution in [3.05, 3.63) is 0 Å². The fraction of sp³-hybridized carbons (Fsp3) is 0.800. The van der Waals surface area contributed by atoms with Crippen LogP contribution < -0.4 is 5.73 Å². The summed E-state index contributed by atoms with van der Waals surface area (Å²) in [4.78, 5) is 13.7. The molecule has 0 spiro atoms. The molecule has 88 valence electrons. The van der Waals surface area contributed by atoms with Crippen LogP contribution in [-0.4, -0.2) is 41.1 Å². The Labute approximate surface area is 96.8 Å². The summed E-state index contributed by atoms with van der Waals surface area (Å²) in [6.07, 6.45) is -0.0867. The number of carbonyl (C=O) groups is 1. The van der Waals surface area contributed by atoms with Crippen LogP contribution in [0.4, 0.5) is 0 Å². The molecule has 0 rings (SSSR count). The normalized spacial score (nSPS) is 11.1. The molecule has 0 aromatic carbocycles. The Morgan fingerprint density at radius 2 is 1.87 bits per heavy atom. The molecule has 0 bridgehead atoms. The molecular formula is C10H20N2O2S. The van der Waals surface area contributed by atoms with E-state index in [4.69, 9.17) is 22.7 Å². The van der Waals surface area contributed by atoms with Gasteiger partial charge >= 0.3 is 5.97 Å². The van der Waals surface area contributed by atoms with Gasteiger partial charge in [0.25, 0.3) is 0 Å². The average molecular weight is 232 g/mol. The van der Waals surface area contributed by atoms with Crippen molar-refractivity contribution in [3.63, 3.8) is 0 Å². The SMILES string of the molecule is CC(C)OC(=O)CN(CC(N)=S)C(C)C. The standard InChI is InChI=1S/C10H20N2O2S/c1-7(2)12(5-9(11)15)6-10(13)14-8(3)4/h7-8H,5-6H2,1-4H3,(H2,11,15). The van der Waals surface area contributed by atoms with Crippen LogP contribution in [-0.2, 0) is 9.53 Å². The first kappa shape index (κ1) is 14.3. The second-order valence-electron chi connectivity index (χ2n) is 4.00. The smallest absolute Gasteiger partial charge is 0.320 e. The van der Waals surface area contributed by atoms with Crippen molar-refractivity contribution in [3.8, 4) is 0 Å². The minimum atomic E-state index is -0.241. The Hall–Kier alpha value is -0.680. The monoisotopic (exact) mass is 232 g/mol. The van der Waals surface area contributed by atoms with E-state index < -0.39 is 0 Å². The van der Waals surface area contributed by atoms with E-state index in [0.717, 1.165) is 0 Å². The van der Waals surface area contributed by atoms with Crippen LogP contribution in [0, 0.1) is 0 Å². The Bertz CT molecular complexity index is 229. The fourth-order valence-corrected chi connectivity index (χ4v) is 1.25. The predicted molar refractivity (Wildman–Crippen MR) is 64.7 cm³/mol. The molecule has 0 amide bonds. The van der Waals surface area contributed by atoms with E-state index in [1.807, 2.05) is 32.6 Å². The number of rotatable bonds is 6. The summed E-state index contributed by atoms with van der Waals surface area (Å²) in [5.41, 5.74) is 5.45. The number of carbonyl (C=O) groups excluding carboxylic acids is 1. The van der Waals surface area contributed by atoms with Gasteiger partial charge in [0.2, 0.25) is 0 Å². The topological polar surface area (TPSA) is 55.6 Å². The van der Waals surface area contributed by atoms with Gasteiger partial charge in [-0.15, -0.1) is 0 Å². The lowest BCUT2D eigenvalue weighted by Gasteiger charge is -2.25. The van der Waals surface area contributed by atoms with Crippen molar-refractivity contribution in [2.24, 2.45) is 5.73 Å². The van der Waals surface area contributed by atoms with Crippen molar-refractivity contribution in [2.45, 2.75) is 39.8 Å². The second kappa shape index (κ2) is 6.74. The third-order valence-corrected chi connectivity index (χ3v) is 1.92. The highest BCUT2D eigenvalue weighted by Gasteiger charge is 2.16. The van der Waals surface area contributed by atoms with Gasteiger partial charge in [0.15, 0.2) is 0 Å². The van der Waals surface area contributed by atoms with Crippen LogP contribution in [0.3, 0.4) is 0 Å². The van der Waals surface area contributed by atoms with E-state index in [1.54, 1.807) is 0 Å².